The van der Waals surface area contributed by atoms with Crippen molar-refractivity contribution < 1.29 is 25.2 Å². The summed E-state index contributed by atoms with van der Waals surface area (Å²) >= 11 is 0. The third-order valence-corrected chi connectivity index (χ3v) is 1.81. The van der Waals surface area contributed by atoms with Crippen LogP contribution in [0.25, 0.3) is 10.4 Å². The van der Waals surface area contributed by atoms with Crippen LogP contribution in [-0.2, 0) is 4.74 Å². The van der Waals surface area contributed by atoms with E-state index in [1.54, 1.807) is 0 Å². The topological polar surface area (TPSA) is 139 Å². The fourth-order valence-electron chi connectivity index (χ4n) is 0.953. The lowest BCUT2D eigenvalue weighted by atomic mass is 10.0. The van der Waals surface area contributed by atoms with E-state index in [4.69, 9.17) is 5.53 Å². The van der Waals surface area contributed by atoms with Gasteiger partial charge in [-0.1, -0.05) is 5.11 Å². The normalized spacial score (nSPS) is 18.7. The quantitative estimate of drug-likeness (QED) is 0.232. The molecule has 0 spiro atoms. The molecule has 0 amide bonds. The summed E-state index contributed by atoms with van der Waals surface area (Å²) in [6.45, 7) is -0.555. The number of hydrogen-bond donors (Lipinski definition) is 4. The van der Waals surface area contributed by atoms with Gasteiger partial charge >= 0.3 is 0 Å². The monoisotopic (exact) mass is 221 g/mol. The SMILES string of the molecule is COC[C@@H](O)[C@@H](O)[C@H](O)[C@H](O)CN=[N+]=[N-]. The number of azide groups is 1. The van der Waals surface area contributed by atoms with E-state index in [2.05, 4.69) is 14.8 Å². The van der Waals surface area contributed by atoms with E-state index >= 15 is 0 Å². The Balaban J connectivity index is 4.16. The maximum atomic E-state index is 9.31. The summed E-state index contributed by atoms with van der Waals surface area (Å²) in [5.41, 5.74) is 7.96. The minimum atomic E-state index is -1.60. The first-order valence-corrected chi connectivity index (χ1v) is 4.26. The van der Waals surface area contributed by atoms with E-state index in [1.165, 1.54) is 7.11 Å². The maximum Gasteiger partial charge on any atom is 0.110 e. The van der Waals surface area contributed by atoms with Crippen molar-refractivity contribution in [3.63, 3.8) is 0 Å². The second kappa shape index (κ2) is 7.41. The molecular weight excluding hydrogens is 206 g/mol. The van der Waals surface area contributed by atoms with Crippen LogP contribution in [0, 0.1) is 0 Å². The molecule has 0 aromatic carbocycles. The van der Waals surface area contributed by atoms with Crippen LogP contribution in [0.5, 0.6) is 0 Å². The molecule has 0 saturated heterocycles. The molecule has 0 aliphatic heterocycles. The molecule has 15 heavy (non-hydrogen) atoms. The van der Waals surface area contributed by atoms with E-state index < -0.39 is 24.4 Å². The van der Waals surface area contributed by atoms with Gasteiger partial charge in [-0.15, -0.1) is 0 Å². The van der Waals surface area contributed by atoms with Crippen molar-refractivity contribution in [3.05, 3.63) is 10.4 Å². The molecule has 0 heterocycles. The minimum Gasteiger partial charge on any atom is -0.390 e. The van der Waals surface area contributed by atoms with Crippen LogP contribution < -0.4 is 0 Å². The molecule has 8 nitrogen and oxygen atoms in total. The standard InChI is InChI=1S/C7H15N3O5/c1-15-3-5(12)7(14)6(13)4(11)2-9-10-8/h4-7,11-14H,2-3H2,1H3/t4-,5-,6-,7-/m1/s1. The summed E-state index contributed by atoms with van der Waals surface area (Å²) in [7, 11) is 1.32. The zero-order valence-electron chi connectivity index (χ0n) is 8.26. The lowest BCUT2D eigenvalue weighted by Gasteiger charge is -2.25. The largest absolute Gasteiger partial charge is 0.390 e. The van der Waals surface area contributed by atoms with Gasteiger partial charge in [-0.05, 0) is 5.53 Å². The van der Waals surface area contributed by atoms with Crippen LogP contribution in [0.3, 0.4) is 0 Å². The average Bonchev–Trinajstić information content (AvgIpc) is 2.24. The highest BCUT2D eigenvalue weighted by molar-refractivity contribution is 4.81. The fourth-order valence-corrected chi connectivity index (χ4v) is 0.953. The van der Waals surface area contributed by atoms with Crippen LogP contribution in [0.2, 0.25) is 0 Å². The number of hydrogen-bond acceptors (Lipinski definition) is 6. The molecule has 0 aromatic rings. The maximum absolute atomic E-state index is 9.31. The first kappa shape index (κ1) is 14.1. The molecule has 0 aliphatic rings. The fraction of sp³-hybridized carbons (Fsp3) is 1.00. The van der Waals surface area contributed by atoms with E-state index in [0.29, 0.717) is 0 Å². The highest BCUT2D eigenvalue weighted by atomic mass is 16.5. The van der Waals surface area contributed by atoms with Crippen LogP contribution in [-0.4, -0.2) is 65.1 Å². The Hall–Kier alpha value is -0.890. The first-order chi connectivity index (χ1) is 7.04. The van der Waals surface area contributed by atoms with Crippen molar-refractivity contribution in [2.45, 2.75) is 24.4 Å². The highest BCUT2D eigenvalue weighted by Gasteiger charge is 2.29. The van der Waals surface area contributed by atoms with E-state index in [0.717, 1.165) is 0 Å². The molecule has 0 rings (SSSR count). The zero-order chi connectivity index (χ0) is 11.8. The predicted molar refractivity (Wildman–Crippen MR) is 49.9 cm³/mol. The van der Waals surface area contributed by atoms with Gasteiger partial charge in [-0.2, -0.15) is 0 Å². The van der Waals surface area contributed by atoms with Crippen LogP contribution in [0.1, 0.15) is 0 Å². The predicted octanol–water partition coefficient (Wildman–Crippen LogP) is -1.61. The lowest BCUT2D eigenvalue weighted by Crippen LogP contribution is -2.47. The van der Waals surface area contributed by atoms with Crippen LogP contribution in [0.4, 0.5) is 0 Å². The second-order valence-electron chi connectivity index (χ2n) is 2.98. The van der Waals surface area contributed by atoms with Gasteiger partial charge in [0.1, 0.15) is 18.3 Å². The Morgan fingerprint density at radius 1 is 1.20 bits per heavy atom. The molecule has 4 N–H and O–H groups in total. The number of aliphatic hydroxyl groups excluding tert-OH is 4. The summed E-state index contributed by atoms with van der Waals surface area (Å²) in [4.78, 5) is 2.38. The molecule has 8 heteroatoms. The molecule has 4 atom stereocenters. The van der Waals surface area contributed by atoms with Gasteiger partial charge in [0, 0.05) is 12.0 Å². The van der Waals surface area contributed by atoms with Crippen LogP contribution >= 0.6 is 0 Å². The smallest absolute Gasteiger partial charge is 0.110 e. The van der Waals surface area contributed by atoms with Gasteiger partial charge in [0.15, 0.2) is 0 Å². The molecule has 0 bridgehead atoms. The Labute approximate surface area is 86.4 Å². The Morgan fingerprint density at radius 2 is 1.73 bits per heavy atom. The van der Waals surface area contributed by atoms with E-state index in [-0.39, 0.29) is 13.2 Å². The Bertz CT molecular complexity index is 221. The van der Waals surface area contributed by atoms with Crippen LogP contribution in [0.15, 0.2) is 5.11 Å². The van der Waals surface area contributed by atoms with Crippen molar-refractivity contribution in [1.82, 2.24) is 0 Å². The second-order valence-corrected chi connectivity index (χ2v) is 2.98. The van der Waals surface area contributed by atoms with E-state index in [9.17, 15) is 20.4 Å². The Kier molecular flexibility index (Phi) is 6.97. The molecule has 0 saturated carbocycles. The number of ether oxygens (including phenoxy) is 1. The molecule has 0 fully saturated rings. The third kappa shape index (κ3) is 4.93. The molecular formula is C7H15N3O5. The molecule has 0 unspecified atom stereocenters. The summed E-state index contributed by atoms with van der Waals surface area (Å²) in [5, 5.41) is 40.1. The summed E-state index contributed by atoms with van der Waals surface area (Å²) < 4.78 is 4.55. The number of nitrogens with zero attached hydrogens (tertiary/aromatic N) is 3. The molecule has 0 aromatic heterocycles. The zero-order valence-corrected chi connectivity index (χ0v) is 8.26. The number of methoxy groups -OCH3 is 1. The third-order valence-electron chi connectivity index (χ3n) is 1.81. The van der Waals surface area contributed by atoms with Gasteiger partial charge in [-0.25, -0.2) is 0 Å². The van der Waals surface area contributed by atoms with Gasteiger partial charge in [0.2, 0.25) is 0 Å². The van der Waals surface area contributed by atoms with Gasteiger partial charge in [-0.3, -0.25) is 0 Å². The van der Waals surface area contributed by atoms with Gasteiger partial charge < -0.3 is 25.2 Å². The first-order valence-electron chi connectivity index (χ1n) is 4.26. The summed E-state index contributed by atoms with van der Waals surface area (Å²) in [5.74, 6) is 0. The van der Waals surface area contributed by atoms with Gasteiger partial charge in [0.25, 0.3) is 0 Å². The molecule has 0 aliphatic carbocycles. The van der Waals surface area contributed by atoms with Crippen molar-refractivity contribution >= 4 is 0 Å². The summed E-state index contributed by atoms with van der Waals surface area (Å²) in [6.07, 6.45) is -5.90. The highest BCUT2D eigenvalue weighted by Crippen LogP contribution is 2.06. The minimum absolute atomic E-state index is 0.174. The van der Waals surface area contributed by atoms with Crippen molar-refractivity contribution in [2.24, 2.45) is 5.11 Å². The lowest BCUT2D eigenvalue weighted by molar-refractivity contribution is -0.115. The van der Waals surface area contributed by atoms with Gasteiger partial charge in [0.05, 0.1) is 19.3 Å². The number of aliphatic hydroxyl groups is 4. The van der Waals surface area contributed by atoms with Crippen molar-refractivity contribution in [2.75, 3.05) is 20.3 Å². The number of rotatable bonds is 7. The van der Waals surface area contributed by atoms with Crippen molar-refractivity contribution in [3.8, 4) is 0 Å². The van der Waals surface area contributed by atoms with E-state index in [1.807, 2.05) is 0 Å². The molecule has 0 radical (unpaired) electrons. The molecule has 88 valence electrons. The Morgan fingerprint density at radius 3 is 2.20 bits per heavy atom. The summed E-state index contributed by atoms with van der Waals surface area (Å²) in [6, 6.07) is 0. The van der Waals surface area contributed by atoms with Crippen molar-refractivity contribution in [1.29, 1.82) is 0 Å². The average molecular weight is 221 g/mol.